The molecule has 8 heteroatoms. The molecule has 0 aliphatic heterocycles. The number of anilines is 1. The van der Waals surface area contributed by atoms with Gasteiger partial charge in [0.25, 0.3) is 0 Å². The normalized spacial score (nSPS) is 10.6. The first kappa shape index (κ1) is 19.7. The van der Waals surface area contributed by atoms with E-state index in [9.17, 15) is 9.59 Å². The summed E-state index contributed by atoms with van der Waals surface area (Å²) in [6.07, 6.45) is 0.434. The van der Waals surface area contributed by atoms with E-state index in [2.05, 4.69) is 31.5 Å². The Morgan fingerprint density at radius 2 is 2.04 bits per heavy atom. The van der Waals surface area contributed by atoms with E-state index in [4.69, 9.17) is 0 Å². The Morgan fingerprint density at radius 1 is 1.19 bits per heavy atom. The summed E-state index contributed by atoms with van der Waals surface area (Å²) >= 11 is 6.55. The number of nitrogens with one attached hydrogen (secondary N) is 2. The zero-order chi connectivity index (χ0) is 19.2. The molecule has 0 aliphatic rings. The lowest BCUT2D eigenvalue weighted by atomic mass is 10.2. The van der Waals surface area contributed by atoms with Gasteiger partial charge in [-0.25, -0.2) is 4.98 Å². The Morgan fingerprint density at radius 3 is 2.81 bits per heavy atom. The summed E-state index contributed by atoms with van der Waals surface area (Å²) in [4.78, 5) is 29.7. The molecule has 0 radical (unpaired) electrons. The predicted molar refractivity (Wildman–Crippen MR) is 114 cm³/mol. The van der Waals surface area contributed by atoms with Gasteiger partial charge in [0.05, 0.1) is 17.0 Å². The molecule has 0 aliphatic carbocycles. The van der Waals surface area contributed by atoms with Crippen LogP contribution in [-0.4, -0.2) is 23.3 Å². The molecule has 2 amide bonds. The van der Waals surface area contributed by atoms with Crippen LogP contribution >= 0.6 is 38.6 Å². The molecule has 0 fully saturated rings. The second kappa shape index (κ2) is 9.25. The van der Waals surface area contributed by atoms with Gasteiger partial charge in [-0.1, -0.05) is 28.1 Å². The van der Waals surface area contributed by atoms with E-state index in [0.29, 0.717) is 6.54 Å². The van der Waals surface area contributed by atoms with Crippen LogP contribution in [0, 0.1) is 6.92 Å². The third-order valence-corrected chi connectivity index (χ3v) is 6.20. The average Bonchev–Trinajstić information content (AvgIpc) is 3.29. The molecule has 0 unspecified atom stereocenters. The third kappa shape index (κ3) is 5.72. The van der Waals surface area contributed by atoms with Crippen molar-refractivity contribution in [2.75, 3.05) is 11.9 Å². The molecule has 1 aromatic carbocycles. The molecule has 27 heavy (non-hydrogen) atoms. The molecule has 3 aromatic rings. The van der Waals surface area contributed by atoms with Crippen LogP contribution in [0.15, 0.2) is 45.6 Å². The molecule has 3 rings (SSSR count). The molecule has 2 aromatic heterocycles. The lowest BCUT2D eigenvalue weighted by molar-refractivity contribution is -0.120. The van der Waals surface area contributed by atoms with E-state index in [1.54, 1.807) is 11.3 Å². The summed E-state index contributed by atoms with van der Waals surface area (Å²) < 4.78 is 0.905. The Hall–Kier alpha value is -2.03. The maximum absolute atomic E-state index is 12.1. The van der Waals surface area contributed by atoms with Gasteiger partial charge in [-0.05, 0) is 36.1 Å². The number of thiazole rings is 1. The number of nitrogens with zero attached hydrogens (tertiary/aromatic N) is 1. The quantitative estimate of drug-likeness (QED) is 0.536. The highest BCUT2D eigenvalue weighted by Gasteiger charge is 2.11. The van der Waals surface area contributed by atoms with Crippen molar-refractivity contribution in [2.24, 2.45) is 0 Å². The van der Waals surface area contributed by atoms with Crippen molar-refractivity contribution < 1.29 is 9.59 Å². The summed E-state index contributed by atoms with van der Waals surface area (Å²) in [5, 5.41) is 10.5. The number of amides is 2. The fourth-order valence-corrected chi connectivity index (χ4v) is 4.38. The molecule has 0 spiro atoms. The van der Waals surface area contributed by atoms with Crippen LogP contribution < -0.4 is 10.6 Å². The van der Waals surface area contributed by atoms with Gasteiger partial charge in [0.15, 0.2) is 0 Å². The summed E-state index contributed by atoms with van der Waals surface area (Å²) in [5.41, 5.74) is 2.50. The predicted octanol–water partition coefficient (Wildman–Crippen LogP) is 4.63. The number of rotatable bonds is 7. The van der Waals surface area contributed by atoms with Crippen LogP contribution in [0.3, 0.4) is 0 Å². The maximum atomic E-state index is 12.1. The number of hydrogen-bond donors (Lipinski definition) is 2. The minimum absolute atomic E-state index is 0.134. The van der Waals surface area contributed by atoms with Gasteiger partial charge in [-0.15, -0.1) is 22.7 Å². The van der Waals surface area contributed by atoms with E-state index in [0.717, 1.165) is 31.3 Å². The Bertz CT molecular complexity index is 938. The highest BCUT2D eigenvalue weighted by Crippen LogP contribution is 2.27. The topological polar surface area (TPSA) is 71.1 Å². The lowest BCUT2D eigenvalue weighted by Gasteiger charge is -2.09. The number of thiophene rings is 1. The van der Waals surface area contributed by atoms with Crippen molar-refractivity contribution >= 4 is 56.1 Å². The van der Waals surface area contributed by atoms with Crippen LogP contribution in [0.5, 0.6) is 0 Å². The van der Waals surface area contributed by atoms with Gasteiger partial charge in [-0.2, -0.15) is 0 Å². The summed E-state index contributed by atoms with van der Waals surface area (Å²) in [7, 11) is 0. The van der Waals surface area contributed by atoms with Crippen LogP contribution in [-0.2, 0) is 16.0 Å². The molecular weight excluding hydrogens is 446 g/mol. The largest absolute Gasteiger partial charge is 0.355 e. The number of aromatic nitrogens is 1. The van der Waals surface area contributed by atoms with Crippen molar-refractivity contribution in [1.29, 1.82) is 0 Å². The van der Waals surface area contributed by atoms with Crippen LogP contribution in [0.4, 0.5) is 5.69 Å². The van der Waals surface area contributed by atoms with Gasteiger partial charge in [0.2, 0.25) is 11.8 Å². The molecule has 140 valence electrons. The fraction of sp³-hybridized carbons (Fsp3) is 0.211. The molecule has 0 saturated heterocycles. The number of carbonyl (C=O) groups is 2. The smallest absolute Gasteiger partial charge is 0.226 e. The van der Waals surface area contributed by atoms with E-state index in [-0.39, 0.29) is 24.7 Å². The first-order valence-electron chi connectivity index (χ1n) is 8.32. The van der Waals surface area contributed by atoms with Crippen molar-refractivity contribution in [2.45, 2.75) is 19.8 Å². The van der Waals surface area contributed by atoms with Crippen molar-refractivity contribution in [3.05, 3.63) is 56.8 Å². The van der Waals surface area contributed by atoms with Crippen LogP contribution in [0.1, 0.15) is 17.7 Å². The van der Waals surface area contributed by atoms with Crippen molar-refractivity contribution in [3.63, 3.8) is 0 Å². The molecule has 0 atom stereocenters. The standard InChI is InChI=1S/C19H18BrN3O2S2/c1-12-4-5-13(20)9-15(12)23-17(24)6-7-21-18(25)10-14-11-27-19(22-14)16-3-2-8-26-16/h2-5,8-9,11H,6-7,10H2,1H3,(H,21,25)(H,23,24). The number of carbonyl (C=O) groups excluding carboxylic acids is 2. The SMILES string of the molecule is Cc1ccc(Br)cc1NC(=O)CCNC(=O)Cc1csc(-c2cccs2)n1. The van der Waals surface area contributed by atoms with Crippen LogP contribution in [0.2, 0.25) is 0 Å². The van der Waals surface area contributed by atoms with Gasteiger partial charge in [0.1, 0.15) is 5.01 Å². The Kier molecular flexibility index (Phi) is 6.76. The Labute approximate surface area is 174 Å². The summed E-state index contributed by atoms with van der Waals surface area (Å²) in [6.45, 7) is 2.22. The van der Waals surface area contributed by atoms with E-state index in [1.807, 2.05) is 48.0 Å². The number of halogens is 1. The van der Waals surface area contributed by atoms with Crippen molar-refractivity contribution in [1.82, 2.24) is 10.3 Å². The van der Waals surface area contributed by atoms with Gasteiger partial charge in [0, 0.05) is 28.5 Å². The third-order valence-electron chi connectivity index (χ3n) is 3.77. The van der Waals surface area contributed by atoms with Gasteiger partial charge in [-0.3, -0.25) is 9.59 Å². The second-order valence-electron chi connectivity index (χ2n) is 5.91. The maximum Gasteiger partial charge on any atom is 0.226 e. The first-order valence-corrected chi connectivity index (χ1v) is 10.9. The molecule has 0 saturated carbocycles. The lowest BCUT2D eigenvalue weighted by Crippen LogP contribution is -2.29. The van der Waals surface area contributed by atoms with E-state index >= 15 is 0 Å². The fourth-order valence-electron chi connectivity index (χ4n) is 2.39. The summed E-state index contributed by atoms with van der Waals surface area (Å²) in [5.74, 6) is -0.269. The van der Waals surface area contributed by atoms with Crippen molar-refractivity contribution in [3.8, 4) is 9.88 Å². The monoisotopic (exact) mass is 463 g/mol. The number of aryl methyl sites for hydroxylation is 1. The molecular formula is C19H18BrN3O2S2. The van der Waals surface area contributed by atoms with E-state index in [1.165, 1.54) is 11.3 Å². The minimum atomic E-state index is -0.135. The zero-order valence-electron chi connectivity index (χ0n) is 14.6. The summed E-state index contributed by atoms with van der Waals surface area (Å²) in [6, 6.07) is 9.71. The number of benzene rings is 1. The molecule has 5 nitrogen and oxygen atoms in total. The molecule has 2 N–H and O–H groups in total. The van der Waals surface area contributed by atoms with Crippen LogP contribution in [0.25, 0.3) is 9.88 Å². The Balaban J connectivity index is 1.43. The second-order valence-corrected chi connectivity index (χ2v) is 8.63. The number of hydrogen-bond acceptors (Lipinski definition) is 5. The highest BCUT2D eigenvalue weighted by atomic mass is 79.9. The average molecular weight is 464 g/mol. The van der Waals surface area contributed by atoms with E-state index < -0.39 is 0 Å². The minimum Gasteiger partial charge on any atom is -0.355 e. The molecule has 2 heterocycles. The van der Waals surface area contributed by atoms with Gasteiger partial charge >= 0.3 is 0 Å². The first-order chi connectivity index (χ1) is 13.0. The zero-order valence-corrected chi connectivity index (χ0v) is 17.8. The molecule has 0 bridgehead atoms. The van der Waals surface area contributed by atoms with Gasteiger partial charge < -0.3 is 10.6 Å². The highest BCUT2D eigenvalue weighted by molar-refractivity contribution is 9.10.